The van der Waals surface area contributed by atoms with Crippen molar-refractivity contribution in [2.75, 3.05) is 5.73 Å². The number of carbonyl (C=O) groups excluding carboxylic acids is 1. The molecule has 0 spiro atoms. The lowest BCUT2D eigenvalue weighted by atomic mass is 9.99. The van der Waals surface area contributed by atoms with Crippen LogP contribution in [0.3, 0.4) is 0 Å². The van der Waals surface area contributed by atoms with Gasteiger partial charge in [0.15, 0.2) is 0 Å². The van der Waals surface area contributed by atoms with Gasteiger partial charge in [0.1, 0.15) is 5.82 Å². The number of carbonyl (C=O) groups is 1. The Morgan fingerprint density at radius 3 is 2.52 bits per heavy atom. The quantitative estimate of drug-likeness (QED) is 0.536. The van der Waals surface area contributed by atoms with Gasteiger partial charge in [0.25, 0.3) is 0 Å². The second-order valence-corrected chi connectivity index (χ2v) is 6.83. The third-order valence-corrected chi connectivity index (χ3v) is 4.01. The Kier molecular flexibility index (Phi) is 5.26. The van der Waals surface area contributed by atoms with E-state index in [9.17, 15) is 9.18 Å². The summed E-state index contributed by atoms with van der Waals surface area (Å²) >= 11 is 0. The molecule has 1 heterocycles. The average Bonchev–Trinajstić information content (AvgIpc) is 2.92. The molecule has 0 aliphatic rings. The number of halogens is 1. The zero-order valence-electron chi connectivity index (χ0n) is 15.6. The molecule has 0 atom stereocenters. The summed E-state index contributed by atoms with van der Waals surface area (Å²) in [7, 11) is 0. The Morgan fingerprint density at radius 1 is 1.22 bits per heavy atom. The second-order valence-electron chi connectivity index (χ2n) is 6.83. The van der Waals surface area contributed by atoms with Crippen molar-refractivity contribution in [3.63, 3.8) is 0 Å². The van der Waals surface area contributed by atoms with Crippen molar-refractivity contribution >= 4 is 11.7 Å². The van der Waals surface area contributed by atoms with Gasteiger partial charge in [0.2, 0.25) is 5.88 Å². The SMILES string of the molecule is CC(=O)Oc1c(-c2ccc(N)cc2)c(CC(C)C)nn1-c1cccc(F)c1. The van der Waals surface area contributed by atoms with Crippen LogP contribution in [0.1, 0.15) is 26.5 Å². The number of anilines is 1. The Bertz CT molecular complexity index is 962. The maximum absolute atomic E-state index is 13.8. The first-order valence-corrected chi connectivity index (χ1v) is 8.77. The first kappa shape index (κ1) is 18.6. The monoisotopic (exact) mass is 367 g/mol. The van der Waals surface area contributed by atoms with Gasteiger partial charge in [-0.3, -0.25) is 4.79 Å². The molecule has 0 radical (unpaired) electrons. The second kappa shape index (κ2) is 7.61. The van der Waals surface area contributed by atoms with Crippen LogP contribution in [0.25, 0.3) is 16.8 Å². The molecule has 0 saturated heterocycles. The van der Waals surface area contributed by atoms with Crippen LogP contribution in [0.5, 0.6) is 5.88 Å². The van der Waals surface area contributed by atoms with Gasteiger partial charge in [-0.25, -0.2) is 4.39 Å². The summed E-state index contributed by atoms with van der Waals surface area (Å²) in [6, 6.07) is 13.3. The van der Waals surface area contributed by atoms with Gasteiger partial charge in [-0.2, -0.15) is 9.78 Å². The Balaban J connectivity index is 2.27. The maximum Gasteiger partial charge on any atom is 0.309 e. The standard InChI is InChI=1S/C21H22FN3O2/c1-13(2)11-19-20(15-7-9-17(23)10-8-15)21(27-14(3)26)25(24-19)18-6-4-5-16(22)12-18/h4-10,12-13H,11,23H2,1-3H3. The van der Waals surface area contributed by atoms with Gasteiger partial charge in [-0.1, -0.05) is 32.0 Å². The predicted molar refractivity (Wildman–Crippen MR) is 103 cm³/mol. The highest BCUT2D eigenvalue weighted by atomic mass is 19.1. The number of nitrogen functional groups attached to an aromatic ring is 1. The number of nitrogens with zero attached hydrogens (tertiary/aromatic N) is 2. The van der Waals surface area contributed by atoms with E-state index >= 15 is 0 Å². The third kappa shape index (κ3) is 4.16. The van der Waals surface area contributed by atoms with E-state index in [1.807, 2.05) is 12.1 Å². The van der Waals surface area contributed by atoms with Crippen molar-refractivity contribution < 1.29 is 13.9 Å². The van der Waals surface area contributed by atoms with Gasteiger partial charge >= 0.3 is 5.97 Å². The van der Waals surface area contributed by atoms with Crippen LogP contribution in [0, 0.1) is 11.7 Å². The van der Waals surface area contributed by atoms with Crippen LogP contribution >= 0.6 is 0 Å². The zero-order valence-corrected chi connectivity index (χ0v) is 15.6. The summed E-state index contributed by atoms with van der Waals surface area (Å²) in [6.45, 7) is 5.50. The molecule has 6 heteroatoms. The molecule has 0 saturated carbocycles. The maximum atomic E-state index is 13.8. The van der Waals surface area contributed by atoms with Crippen molar-refractivity contribution in [1.82, 2.24) is 9.78 Å². The molecule has 2 N–H and O–H groups in total. The minimum Gasteiger partial charge on any atom is -0.407 e. The van der Waals surface area contributed by atoms with Crippen molar-refractivity contribution in [3.8, 4) is 22.7 Å². The smallest absolute Gasteiger partial charge is 0.309 e. The molecule has 2 aromatic carbocycles. The van der Waals surface area contributed by atoms with E-state index in [0.717, 1.165) is 11.3 Å². The molecule has 5 nitrogen and oxygen atoms in total. The Labute approximate surface area is 157 Å². The van der Waals surface area contributed by atoms with E-state index in [1.54, 1.807) is 24.3 Å². The highest BCUT2D eigenvalue weighted by Crippen LogP contribution is 2.37. The highest BCUT2D eigenvalue weighted by molar-refractivity contribution is 5.78. The number of esters is 1. The molecule has 0 unspecified atom stereocenters. The summed E-state index contributed by atoms with van der Waals surface area (Å²) in [6.07, 6.45) is 0.677. The fraction of sp³-hybridized carbons (Fsp3) is 0.238. The summed E-state index contributed by atoms with van der Waals surface area (Å²) in [5, 5.41) is 4.66. The average molecular weight is 367 g/mol. The normalized spacial score (nSPS) is 11.0. The van der Waals surface area contributed by atoms with Crippen molar-refractivity contribution in [3.05, 3.63) is 60.0 Å². The number of hydrogen-bond acceptors (Lipinski definition) is 4. The Hall–Kier alpha value is -3.15. The molecule has 0 aliphatic heterocycles. The van der Waals surface area contributed by atoms with Gasteiger partial charge in [-0.05, 0) is 48.2 Å². The highest BCUT2D eigenvalue weighted by Gasteiger charge is 2.24. The van der Waals surface area contributed by atoms with Crippen LogP contribution < -0.4 is 10.5 Å². The van der Waals surface area contributed by atoms with E-state index in [2.05, 4.69) is 18.9 Å². The van der Waals surface area contributed by atoms with E-state index in [1.165, 1.54) is 23.7 Å². The summed E-state index contributed by atoms with van der Waals surface area (Å²) in [4.78, 5) is 11.8. The first-order chi connectivity index (χ1) is 12.8. The molecule has 0 amide bonds. The first-order valence-electron chi connectivity index (χ1n) is 8.77. The molecule has 0 aliphatic carbocycles. The minimum absolute atomic E-state index is 0.272. The summed E-state index contributed by atoms with van der Waals surface area (Å²) in [5.74, 6) is -0.261. The molecule has 3 rings (SSSR count). The lowest BCUT2D eigenvalue weighted by Crippen LogP contribution is -2.08. The fourth-order valence-electron chi connectivity index (χ4n) is 2.93. The fourth-order valence-corrected chi connectivity index (χ4v) is 2.93. The number of benzene rings is 2. The molecule has 0 fully saturated rings. The van der Waals surface area contributed by atoms with Crippen LogP contribution in [0.4, 0.5) is 10.1 Å². The molecule has 0 bridgehead atoms. The van der Waals surface area contributed by atoms with Crippen molar-refractivity contribution in [2.24, 2.45) is 5.92 Å². The van der Waals surface area contributed by atoms with E-state index in [4.69, 9.17) is 10.5 Å². The van der Waals surface area contributed by atoms with Crippen LogP contribution in [0.2, 0.25) is 0 Å². The number of aromatic nitrogens is 2. The lowest BCUT2D eigenvalue weighted by Gasteiger charge is -2.10. The number of ether oxygens (including phenoxy) is 1. The molecule has 27 heavy (non-hydrogen) atoms. The van der Waals surface area contributed by atoms with Crippen LogP contribution in [-0.4, -0.2) is 15.7 Å². The number of nitrogens with two attached hydrogens (primary N) is 1. The van der Waals surface area contributed by atoms with E-state index in [-0.39, 0.29) is 5.88 Å². The molecular formula is C21H22FN3O2. The van der Waals surface area contributed by atoms with E-state index < -0.39 is 11.8 Å². The molecule has 1 aromatic heterocycles. The minimum atomic E-state index is -0.472. The summed E-state index contributed by atoms with van der Waals surface area (Å²) in [5.41, 5.74) is 9.24. The van der Waals surface area contributed by atoms with Crippen LogP contribution in [0.15, 0.2) is 48.5 Å². The van der Waals surface area contributed by atoms with Gasteiger partial charge in [-0.15, -0.1) is 0 Å². The number of rotatable bonds is 5. The van der Waals surface area contributed by atoms with Crippen molar-refractivity contribution in [1.29, 1.82) is 0 Å². The number of hydrogen-bond donors (Lipinski definition) is 1. The van der Waals surface area contributed by atoms with Crippen LogP contribution in [-0.2, 0) is 11.2 Å². The predicted octanol–water partition coefficient (Wildman–Crippen LogP) is 4.38. The lowest BCUT2D eigenvalue weighted by molar-refractivity contribution is -0.132. The largest absolute Gasteiger partial charge is 0.407 e. The molecule has 3 aromatic rings. The van der Waals surface area contributed by atoms with Gasteiger partial charge in [0, 0.05) is 12.6 Å². The molecule has 140 valence electrons. The molecular weight excluding hydrogens is 345 g/mol. The summed E-state index contributed by atoms with van der Waals surface area (Å²) < 4.78 is 20.8. The van der Waals surface area contributed by atoms with Crippen molar-refractivity contribution in [2.45, 2.75) is 27.2 Å². The topological polar surface area (TPSA) is 70.1 Å². The van der Waals surface area contributed by atoms with E-state index in [0.29, 0.717) is 29.3 Å². The van der Waals surface area contributed by atoms with Gasteiger partial charge in [0.05, 0.1) is 16.9 Å². The third-order valence-electron chi connectivity index (χ3n) is 4.01. The van der Waals surface area contributed by atoms with Gasteiger partial charge < -0.3 is 10.5 Å². The zero-order chi connectivity index (χ0) is 19.6. The Morgan fingerprint density at radius 2 is 1.93 bits per heavy atom.